The molecule has 1 heterocycles. The van der Waals surface area contributed by atoms with Crippen LogP contribution < -0.4 is 5.32 Å². The van der Waals surface area contributed by atoms with Crippen LogP contribution in [0.4, 0.5) is 26.3 Å². The van der Waals surface area contributed by atoms with E-state index in [-0.39, 0.29) is 0 Å². The number of rotatable bonds is 0. The molecule has 0 aliphatic carbocycles. The summed E-state index contributed by atoms with van der Waals surface area (Å²) < 4.78 is 72.5. The van der Waals surface area contributed by atoms with Crippen LogP contribution in [0.1, 0.15) is 13.8 Å². The molecule has 0 bridgehead atoms. The third kappa shape index (κ3) is 1.13. The van der Waals surface area contributed by atoms with E-state index in [0.717, 1.165) is 0 Å². The van der Waals surface area contributed by atoms with Gasteiger partial charge in [0.25, 0.3) is 0 Å². The monoisotopic (exact) mass is 207 g/mol. The van der Waals surface area contributed by atoms with Crippen LogP contribution in [0.15, 0.2) is 0 Å². The molecule has 2 unspecified atom stereocenters. The Labute approximate surface area is 70.1 Å². The zero-order valence-electron chi connectivity index (χ0n) is 6.77. The van der Waals surface area contributed by atoms with Gasteiger partial charge in [-0.3, -0.25) is 5.32 Å². The molecular weight excluding hydrogens is 200 g/mol. The van der Waals surface area contributed by atoms with Gasteiger partial charge in [0.05, 0.1) is 0 Å². The van der Waals surface area contributed by atoms with E-state index >= 15 is 0 Å². The van der Waals surface area contributed by atoms with Gasteiger partial charge >= 0.3 is 12.4 Å². The molecule has 13 heavy (non-hydrogen) atoms. The molecule has 0 aromatic heterocycles. The van der Waals surface area contributed by atoms with Gasteiger partial charge in [-0.25, -0.2) is 0 Å². The van der Waals surface area contributed by atoms with Crippen LogP contribution in [0.3, 0.4) is 0 Å². The molecule has 0 aromatic rings. The van der Waals surface area contributed by atoms with Crippen molar-refractivity contribution in [2.75, 3.05) is 0 Å². The van der Waals surface area contributed by atoms with Crippen molar-refractivity contribution in [3.05, 3.63) is 0 Å². The van der Waals surface area contributed by atoms with E-state index in [1.807, 2.05) is 0 Å². The van der Waals surface area contributed by atoms with E-state index in [1.165, 1.54) is 5.32 Å². The predicted molar refractivity (Wildman–Crippen MR) is 32.1 cm³/mol. The van der Waals surface area contributed by atoms with Crippen LogP contribution in [-0.2, 0) is 0 Å². The molecule has 1 aliphatic heterocycles. The summed E-state index contributed by atoms with van der Waals surface area (Å²) in [5.41, 5.74) is -5.70. The van der Waals surface area contributed by atoms with Gasteiger partial charge in [-0.1, -0.05) is 0 Å². The minimum absolute atomic E-state index is 0.500. The maximum Gasteiger partial charge on any atom is 0.408 e. The lowest BCUT2D eigenvalue weighted by Crippen LogP contribution is -2.44. The van der Waals surface area contributed by atoms with E-state index in [0.29, 0.717) is 13.8 Å². The van der Waals surface area contributed by atoms with Gasteiger partial charge in [0.2, 0.25) is 0 Å². The van der Waals surface area contributed by atoms with Crippen molar-refractivity contribution >= 4 is 0 Å². The summed E-state index contributed by atoms with van der Waals surface area (Å²) in [5, 5.41) is 1.45. The van der Waals surface area contributed by atoms with Crippen LogP contribution >= 0.6 is 0 Å². The van der Waals surface area contributed by atoms with E-state index in [9.17, 15) is 26.3 Å². The first-order chi connectivity index (χ1) is 5.46. The highest BCUT2D eigenvalue weighted by Gasteiger charge is 2.84. The molecule has 1 saturated heterocycles. The van der Waals surface area contributed by atoms with Crippen LogP contribution in [-0.4, -0.2) is 23.4 Å². The fraction of sp³-hybridized carbons (Fsp3) is 1.00. The van der Waals surface area contributed by atoms with Gasteiger partial charge in [-0.2, -0.15) is 26.3 Å². The largest absolute Gasteiger partial charge is 0.408 e. The second-order valence-electron chi connectivity index (χ2n) is 3.37. The fourth-order valence-corrected chi connectivity index (χ4v) is 1.18. The highest BCUT2D eigenvalue weighted by molar-refractivity contribution is 5.29. The van der Waals surface area contributed by atoms with E-state index in [4.69, 9.17) is 0 Å². The average Bonchev–Trinajstić information content (AvgIpc) is 2.34. The van der Waals surface area contributed by atoms with Crippen LogP contribution in [0.25, 0.3) is 0 Å². The van der Waals surface area contributed by atoms with E-state index in [2.05, 4.69) is 0 Å². The Hall–Kier alpha value is -0.460. The summed E-state index contributed by atoms with van der Waals surface area (Å²) >= 11 is 0. The molecule has 1 N–H and O–H groups in total. The van der Waals surface area contributed by atoms with Gasteiger partial charge in [0.15, 0.2) is 0 Å². The minimum atomic E-state index is -4.89. The number of halogens is 6. The minimum Gasteiger partial charge on any atom is -0.287 e. The van der Waals surface area contributed by atoms with Crippen LogP contribution in [0.5, 0.6) is 0 Å². The molecule has 0 spiro atoms. The maximum atomic E-state index is 12.1. The second kappa shape index (κ2) is 2.13. The fourth-order valence-electron chi connectivity index (χ4n) is 1.18. The Kier molecular flexibility index (Phi) is 1.74. The van der Waals surface area contributed by atoms with Crippen LogP contribution in [0.2, 0.25) is 0 Å². The molecule has 1 nitrogen and oxygen atoms in total. The molecular formula is C6H7F6N. The molecule has 1 fully saturated rings. The van der Waals surface area contributed by atoms with Crippen molar-refractivity contribution in [1.29, 1.82) is 0 Å². The van der Waals surface area contributed by atoms with Crippen molar-refractivity contribution in [2.24, 2.45) is 0 Å². The number of hydrogen-bond donors (Lipinski definition) is 1. The zero-order chi connectivity index (χ0) is 10.7. The average molecular weight is 207 g/mol. The lowest BCUT2D eigenvalue weighted by molar-refractivity contribution is -0.200. The van der Waals surface area contributed by atoms with Gasteiger partial charge in [-0.15, -0.1) is 0 Å². The number of nitrogens with one attached hydrogen (secondary N) is 1. The Bertz CT molecular complexity index is 206. The summed E-state index contributed by atoms with van der Waals surface area (Å²) in [7, 11) is 0. The summed E-state index contributed by atoms with van der Waals surface area (Å²) in [5.74, 6) is 0. The number of hydrogen-bond acceptors (Lipinski definition) is 1. The van der Waals surface area contributed by atoms with Crippen molar-refractivity contribution in [3.8, 4) is 0 Å². The van der Waals surface area contributed by atoms with Gasteiger partial charge < -0.3 is 0 Å². The van der Waals surface area contributed by atoms with Gasteiger partial charge in [0.1, 0.15) is 11.1 Å². The third-order valence-corrected chi connectivity index (χ3v) is 2.57. The summed E-state index contributed by atoms with van der Waals surface area (Å²) in [6.45, 7) is 1.00. The van der Waals surface area contributed by atoms with Crippen molar-refractivity contribution < 1.29 is 26.3 Å². The summed E-state index contributed by atoms with van der Waals surface area (Å²) in [6, 6.07) is 0. The molecule has 0 amide bonds. The molecule has 0 saturated carbocycles. The Balaban J connectivity index is 2.95. The quantitative estimate of drug-likeness (QED) is 0.477. The smallest absolute Gasteiger partial charge is 0.287 e. The highest BCUT2D eigenvalue weighted by atomic mass is 19.4. The van der Waals surface area contributed by atoms with Gasteiger partial charge in [-0.05, 0) is 13.8 Å². The molecule has 1 rings (SSSR count). The van der Waals surface area contributed by atoms with E-state index in [1.54, 1.807) is 0 Å². The van der Waals surface area contributed by atoms with Crippen molar-refractivity contribution in [1.82, 2.24) is 5.32 Å². The first-order valence-electron chi connectivity index (χ1n) is 3.38. The predicted octanol–water partition coefficient (Wildman–Crippen LogP) is 2.23. The molecule has 7 heteroatoms. The lowest BCUT2D eigenvalue weighted by Gasteiger charge is -2.20. The topological polar surface area (TPSA) is 21.9 Å². The normalized spacial score (nSPS) is 40.6. The van der Waals surface area contributed by atoms with E-state index < -0.39 is 23.4 Å². The van der Waals surface area contributed by atoms with Crippen LogP contribution in [0, 0.1) is 0 Å². The molecule has 2 atom stereocenters. The Morgan fingerprint density at radius 2 is 1.00 bits per heavy atom. The second-order valence-corrected chi connectivity index (χ2v) is 3.37. The Morgan fingerprint density at radius 3 is 1.08 bits per heavy atom. The maximum absolute atomic E-state index is 12.1. The standard InChI is InChI=1S/C6H7F6N/c1-3(5(7,8)9)4(2,13-3)6(10,11)12/h13H,1-2H3. The van der Waals surface area contributed by atoms with Crippen molar-refractivity contribution in [3.63, 3.8) is 0 Å². The highest BCUT2D eigenvalue weighted by Crippen LogP contribution is 2.56. The molecule has 0 radical (unpaired) electrons. The first kappa shape index (κ1) is 10.6. The van der Waals surface area contributed by atoms with Crippen molar-refractivity contribution in [2.45, 2.75) is 37.3 Å². The number of alkyl halides is 6. The Morgan fingerprint density at radius 1 is 0.769 bits per heavy atom. The zero-order valence-corrected chi connectivity index (χ0v) is 6.77. The molecule has 1 aliphatic rings. The van der Waals surface area contributed by atoms with Gasteiger partial charge in [0, 0.05) is 0 Å². The SMILES string of the molecule is CC1(C(F)(F)F)NC1(C)C(F)(F)F. The molecule has 0 aromatic carbocycles. The summed E-state index contributed by atoms with van der Waals surface area (Å²) in [4.78, 5) is 0. The first-order valence-corrected chi connectivity index (χ1v) is 3.38. The lowest BCUT2D eigenvalue weighted by atomic mass is 9.95. The third-order valence-electron chi connectivity index (χ3n) is 2.57. The molecule has 78 valence electrons. The summed E-state index contributed by atoms with van der Waals surface area (Å²) in [6.07, 6.45) is -9.78.